The topological polar surface area (TPSA) is 63.8 Å². The SMILES string of the molecule is Nc1ncc(F)c(Nc2ccc(Br)c(Cl)c2)n1. The lowest BCUT2D eigenvalue weighted by molar-refractivity contribution is 0.620. The average Bonchev–Trinajstić information content (AvgIpc) is 2.29. The molecule has 1 heterocycles. The Morgan fingerprint density at radius 1 is 1.41 bits per heavy atom. The van der Waals surface area contributed by atoms with E-state index in [1.165, 1.54) is 0 Å². The molecule has 1 aromatic carbocycles. The van der Waals surface area contributed by atoms with Crippen LogP contribution in [0.25, 0.3) is 0 Å². The van der Waals surface area contributed by atoms with Crippen molar-refractivity contribution in [2.24, 2.45) is 0 Å². The van der Waals surface area contributed by atoms with E-state index in [1.54, 1.807) is 18.2 Å². The summed E-state index contributed by atoms with van der Waals surface area (Å²) in [4.78, 5) is 7.28. The van der Waals surface area contributed by atoms with Gasteiger partial charge in [-0.15, -0.1) is 0 Å². The maximum atomic E-state index is 13.3. The fraction of sp³-hybridized carbons (Fsp3) is 0. The summed E-state index contributed by atoms with van der Waals surface area (Å²) in [5.41, 5.74) is 5.98. The molecule has 0 bridgehead atoms. The zero-order chi connectivity index (χ0) is 12.4. The zero-order valence-corrected chi connectivity index (χ0v) is 10.8. The molecule has 0 fully saturated rings. The molecule has 0 saturated carbocycles. The first-order valence-corrected chi connectivity index (χ1v) is 5.73. The molecule has 1 aromatic heterocycles. The van der Waals surface area contributed by atoms with Gasteiger partial charge >= 0.3 is 0 Å². The van der Waals surface area contributed by atoms with Gasteiger partial charge in [0.2, 0.25) is 5.95 Å². The molecule has 0 saturated heterocycles. The number of hydrogen-bond donors (Lipinski definition) is 2. The molecule has 4 nitrogen and oxygen atoms in total. The van der Waals surface area contributed by atoms with Crippen LogP contribution in [0, 0.1) is 5.82 Å². The summed E-state index contributed by atoms with van der Waals surface area (Å²) in [6.45, 7) is 0. The van der Waals surface area contributed by atoms with Crippen molar-refractivity contribution in [1.82, 2.24) is 9.97 Å². The summed E-state index contributed by atoms with van der Waals surface area (Å²) in [6, 6.07) is 5.12. The number of nitrogens with two attached hydrogens (primary N) is 1. The summed E-state index contributed by atoms with van der Waals surface area (Å²) in [5, 5.41) is 3.28. The third-order valence-electron chi connectivity index (χ3n) is 1.95. The number of rotatable bonds is 2. The van der Waals surface area contributed by atoms with E-state index in [-0.39, 0.29) is 11.8 Å². The quantitative estimate of drug-likeness (QED) is 0.891. The van der Waals surface area contributed by atoms with Gasteiger partial charge in [0.15, 0.2) is 11.6 Å². The van der Waals surface area contributed by atoms with Gasteiger partial charge in [0, 0.05) is 10.2 Å². The number of aromatic nitrogens is 2. The van der Waals surface area contributed by atoms with Crippen LogP contribution < -0.4 is 11.1 Å². The lowest BCUT2D eigenvalue weighted by Gasteiger charge is -2.07. The summed E-state index contributed by atoms with van der Waals surface area (Å²) in [6.07, 6.45) is 1.01. The summed E-state index contributed by atoms with van der Waals surface area (Å²) >= 11 is 9.17. The number of benzene rings is 1. The molecular weight excluding hydrogens is 310 g/mol. The second-order valence-electron chi connectivity index (χ2n) is 3.18. The molecule has 2 aromatic rings. The predicted octanol–water partition coefficient (Wildman–Crippen LogP) is 3.36. The van der Waals surface area contributed by atoms with Gasteiger partial charge in [-0.25, -0.2) is 9.37 Å². The maximum absolute atomic E-state index is 13.3. The van der Waals surface area contributed by atoms with Crippen molar-refractivity contribution in [2.45, 2.75) is 0 Å². The molecule has 2 rings (SSSR count). The predicted molar refractivity (Wildman–Crippen MR) is 68.8 cm³/mol. The minimum atomic E-state index is -0.585. The van der Waals surface area contributed by atoms with Crippen LogP contribution in [0.2, 0.25) is 5.02 Å². The Kier molecular flexibility index (Phi) is 3.44. The zero-order valence-electron chi connectivity index (χ0n) is 8.42. The Bertz CT molecular complexity index is 564. The Hall–Kier alpha value is -1.40. The van der Waals surface area contributed by atoms with Crippen molar-refractivity contribution in [3.63, 3.8) is 0 Å². The van der Waals surface area contributed by atoms with Crippen LogP contribution in [0.15, 0.2) is 28.9 Å². The first-order valence-electron chi connectivity index (χ1n) is 4.56. The van der Waals surface area contributed by atoms with E-state index in [2.05, 4.69) is 31.2 Å². The lowest BCUT2D eigenvalue weighted by atomic mass is 10.3. The van der Waals surface area contributed by atoms with Gasteiger partial charge in [0.25, 0.3) is 0 Å². The van der Waals surface area contributed by atoms with Crippen LogP contribution in [-0.2, 0) is 0 Å². The van der Waals surface area contributed by atoms with Gasteiger partial charge in [0.1, 0.15) is 0 Å². The third kappa shape index (κ3) is 2.83. The van der Waals surface area contributed by atoms with Crippen LogP contribution in [-0.4, -0.2) is 9.97 Å². The lowest BCUT2D eigenvalue weighted by Crippen LogP contribution is -2.02. The second-order valence-corrected chi connectivity index (χ2v) is 4.44. The summed E-state index contributed by atoms with van der Waals surface area (Å²) in [7, 11) is 0. The van der Waals surface area contributed by atoms with Crippen molar-refractivity contribution >= 4 is 45.0 Å². The van der Waals surface area contributed by atoms with E-state index in [1.807, 2.05) is 0 Å². The number of nitrogens with one attached hydrogen (secondary N) is 1. The third-order valence-corrected chi connectivity index (χ3v) is 3.18. The van der Waals surface area contributed by atoms with Crippen LogP contribution in [0.4, 0.5) is 21.8 Å². The highest BCUT2D eigenvalue weighted by Gasteiger charge is 2.06. The van der Waals surface area contributed by atoms with Crippen LogP contribution in [0.5, 0.6) is 0 Å². The highest BCUT2D eigenvalue weighted by molar-refractivity contribution is 9.10. The highest BCUT2D eigenvalue weighted by atomic mass is 79.9. The van der Waals surface area contributed by atoms with Gasteiger partial charge in [0.05, 0.1) is 11.2 Å². The molecular formula is C10H7BrClFN4. The minimum Gasteiger partial charge on any atom is -0.368 e. The first kappa shape index (κ1) is 12.1. The molecule has 0 atom stereocenters. The highest BCUT2D eigenvalue weighted by Crippen LogP contribution is 2.27. The van der Waals surface area contributed by atoms with Gasteiger partial charge in [-0.2, -0.15) is 4.98 Å². The maximum Gasteiger partial charge on any atom is 0.222 e. The van der Waals surface area contributed by atoms with Gasteiger partial charge in [-0.1, -0.05) is 11.6 Å². The number of halogens is 3. The second kappa shape index (κ2) is 4.85. The Balaban J connectivity index is 2.31. The van der Waals surface area contributed by atoms with Crippen LogP contribution >= 0.6 is 27.5 Å². The van der Waals surface area contributed by atoms with Crippen molar-refractivity contribution in [3.8, 4) is 0 Å². The summed E-state index contributed by atoms with van der Waals surface area (Å²) < 4.78 is 14.1. The molecule has 0 aliphatic carbocycles. The normalized spacial score (nSPS) is 10.3. The van der Waals surface area contributed by atoms with Gasteiger partial charge in [-0.3, -0.25) is 0 Å². The van der Waals surface area contributed by atoms with Crippen molar-refractivity contribution in [3.05, 3.63) is 39.7 Å². The fourth-order valence-corrected chi connectivity index (χ4v) is 1.61. The summed E-state index contributed by atoms with van der Waals surface area (Å²) in [5.74, 6) is -0.578. The van der Waals surface area contributed by atoms with E-state index in [9.17, 15) is 4.39 Å². The van der Waals surface area contributed by atoms with E-state index in [0.717, 1.165) is 10.7 Å². The molecule has 17 heavy (non-hydrogen) atoms. The molecule has 0 aliphatic rings. The molecule has 0 radical (unpaired) electrons. The monoisotopic (exact) mass is 316 g/mol. The number of nitrogens with zero attached hydrogens (tertiary/aromatic N) is 2. The van der Waals surface area contributed by atoms with E-state index in [4.69, 9.17) is 17.3 Å². The van der Waals surface area contributed by atoms with Crippen LogP contribution in [0.1, 0.15) is 0 Å². The largest absolute Gasteiger partial charge is 0.368 e. The molecule has 0 amide bonds. The molecule has 0 aliphatic heterocycles. The van der Waals surface area contributed by atoms with E-state index >= 15 is 0 Å². The van der Waals surface area contributed by atoms with E-state index < -0.39 is 5.82 Å². The number of anilines is 3. The van der Waals surface area contributed by atoms with Crippen molar-refractivity contribution < 1.29 is 4.39 Å². The minimum absolute atomic E-state index is 0.00268. The molecule has 88 valence electrons. The Morgan fingerprint density at radius 3 is 2.88 bits per heavy atom. The fourth-order valence-electron chi connectivity index (χ4n) is 1.18. The van der Waals surface area contributed by atoms with Gasteiger partial charge in [-0.05, 0) is 34.1 Å². The number of nitrogen functional groups attached to an aromatic ring is 1. The molecule has 3 N–H and O–H groups in total. The smallest absolute Gasteiger partial charge is 0.222 e. The van der Waals surface area contributed by atoms with Crippen molar-refractivity contribution in [2.75, 3.05) is 11.1 Å². The van der Waals surface area contributed by atoms with Gasteiger partial charge < -0.3 is 11.1 Å². The standard InChI is InChI=1S/C10H7BrClFN4/c11-6-2-1-5(3-7(6)12)16-9-8(13)4-15-10(14)17-9/h1-4H,(H3,14,15,16,17). The Morgan fingerprint density at radius 2 is 2.18 bits per heavy atom. The first-order chi connectivity index (χ1) is 8.06. The van der Waals surface area contributed by atoms with Crippen molar-refractivity contribution in [1.29, 1.82) is 0 Å². The molecule has 0 unspecified atom stereocenters. The van der Waals surface area contributed by atoms with Crippen LogP contribution in [0.3, 0.4) is 0 Å². The number of hydrogen-bond acceptors (Lipinski definition) is 4. The Labute approximate surface area is 110 Å². The molecule has 0 spiro atoms. The molecule has 7 heteroatoms. The average molecular weight is 318 g/mol. The van der Waals surface area contributed by atoms with E-state index in [0.29, 0.717) is 10.7 Å².